The van der Waals surface area contributed by atoms with Gasteiger partial charge in [-0.05, 0) is 49.3 Å². The van der Waals surface area contributed by atoms with Gasteiger partial charge in [-0.25, -0.2) is 0 Å². The standard InChI is InChI=1S/C13H22N4OS/c1-9(2)11-12(19-16-15-11)13(18)17(3)8-10-5-4-6-14-7-10/h9-10,14H,4-8H2,1-3H3. The summed E-state index contributed by atoms with van der Waals surface area (Å²) in [6.45, 7) is 7.00. The van der Waals surface area contributed by atoms with Crippen molar-refractivity contribution in [3.05, 3.63) is 10.6 Å². The van der Waals surface area contributed by atoms with E-state index in [4.69, 9.17) is 0 Å². The fourth-order valence-corrected chi connectivity index (χ4v) is 3.26. The smallest absolute Gasteiger partial charge is 0.267 e. The Balaban J connectivity index is 1.99. The van der Waals surface area contributed by atoms with Crippen LogP contribution in [0.25, 0.3) is 0 Å². The SMILES string of the molecule is CC(C)c1nnsc1C(=O)N(C)CC1CCCNC1. The van der Waals surface area contributed by atoms with E-state index in [1.165, 1.54) is 24.4 Å². The number of amides is 1. The molecule has 0 aromatic carbocycles. The van der Waals surface area contributed by atoms with Crippen molar-refractivity contribution in [2.45, 2.75) is 32.6 Å². The molecule has 1 amide bonds. The van der Waals surface area contributed by atoms with Crippen LogP contribution in [-0.4, -0.2) is 47.1 Å². The molecule has 1 aliphatic heterocycles. The molecule has 0 bridgehead atoms. The van der Waals surface area contributed by atoms with E-state index in [-0.39, 0.29) is 11.8 Å². The minimum atomic E-state index is 0.0595. The van der Waals surface area contributed by atoms with Crippen molar-refractivity contribution in [1.82, 2.24) is 19.8 Å². The van der Waals surface area contributed by atoms with E-state index in [0.29, 0.717) is 10.8 Å². The number of carbonyl (C=O) groups is 1. The normalized spacial score (nSPS) is 19.7. The molecule has 1 N–H and O–H groups in total. The Kier molecular flexibility index (Phi) is 4.87. The lowest BCUT2D eigenvalue weighted by molar-refractivity contribution is 0.0768. The van der Waals surface area contributed by atoms with Gasteiger partial charge in [0.2, 0.25) is 0 Å². The quantitative estimate of drug-likeness (QED) is 0.914. The van der Waals surface area contributed by atoms with Crippen molar-refractivity contribution >= 4 is 17.4 Å². The summed E-state index contributed by atoms with van der Waals surface area (Å²) in [6, 6.07) is 0. The molecule has 2 rings (SSSR count). The second-order valence-corrected chi connectivity index (χ2v) is 6.29. The molecule has 1 aromatic rings. The lowest BCUT2D eigenvalue weighted by atomic mass is 9.99. The zero-order valence-electron chi connectivity index (χ0n) is 11.8. The minimum Gasteiger partial charge on any atom is -0.341 e. The molecule has 0 saturated carbocycles. The summed E-state index contributed by atoms with van der Waals surface area (Å²) < 4.78 is 3.93. The van der Waals surface area contributed by atoms with Gasteiger partial charge in [0.05, 0.1) is 5.69 Å². The maximum Gasteiger partial charge on any atom is 0.267 e. The molecule has 0 spiro atoms. The van der Waals surface area contributed by atoms with Gasteiger partial charge >= 0.3 is 0 Å². The molecule has 1 unspecified atom stereocenters. The van der Waals surface area contributed by atoms with Gasteiger partial charge in [0.15, 0.2) is 0 Å². The second kappa shape index (κ2) is 6.43. The van der Waals surface area contributed by atoms with Crippen LogP contribution >= 0.6 is 11.5 Å². The highest BCUT2D eigenvalue weighted by molar-refractivity contribution is 7.08. The molecule has 19 heavy (non-hydrogen) atoms. The summed E-state index contributed by atoms with van der Waals surface area (Å²) in [5.41, 5.74) is 0.823. The fraction of sp³-hybridized carbons (Fsp3) is 0.769. The van der Waals surface area contributed by atoms with Crippen LogP contribution in [0.2, 0.25) is 0 Å². The number of nitrogens with zero attached hydrogens (tertiary/aromatic N) is 3. The Morgan fingerprint density at radius 3 is 3.00 bits per heavy atom. The minimum absolute atomic E-state index is 0.0595. The Bertz CT molecular complexity index is 426. The summed E-state index contributed by atoms with van der Waals surface area (Å²) in [4.78, 5) is 15.0. The van der Waals surface area contributed by atoms with Crippen LogP contribution in [0.1, 0.15) is 48.0 Å². The molecule has 6 heteroatoms. The van der Waals surface area contributed by atoms with Crippen molar-refractivity contribution in [1.29, 1.82) is 0 Å². The van der Waals surface area contributed by atoms with Crippen LogP contribution in [0.5, 0.6) is 0 Å². The van der Waals surface area contributed by atoms with Gasteiger partial charge in [-0.15, -0.1) is 5.10 Å². The number of hydrogen-bond donors (Lipinski definition) is 1. The first-order chi connectivity index (χ1) is 9.09. The van der Waals surface area contributed by atoms with E-state index in [1.807, 2.05) is 25.8 Å². The molecule has 1 aromatic heterocycles. The van der Waals surface area contributed by atoms with Gasteiger partial charge in [0.1, 0.15) is 4.88 Å². The Morgan fingerprint density at radius 2 is 2.37 bits per heavy atom. The van der Waals surface area contributed by atoms with Crippen molar-refractivity contribution in [3.8, 4) is 0 Å². The first kappa shape index (κ1) is 14.4. The van der Waals surface area contributed by atoms with Crippen LogP contribution in [-0.2, 0) is 0 Å². The molecular weight excluding hydrogens is 260 g/mol. The molecule has 1 fully saturated rings. The third kappa shape index (κ3) is 3.51. The lowest BCUT2D eigenvalue weighted by Gasteiger charge is -2.27. The van der Waals surface area contributed by atoms with E-state index in [1.54, 1.807) is 0 Å². The van der Waals surface area contributed by atoms with Crippen molar-refractivity contribution in [2.24, 2.45) is 5.92 Å². The average Bonchev–Trinajstić information content (AvgIpc) is 2.88. The summed E-state index contributed by atoms with van der Waals surface area (Å²) in [5.74, 6) is 0.859. The van der Waals surface area contributed by atoms with E-state index in [0.717, 1.165) is 25.3 Å². The molecule has 0 aliphatic carbocycles. The molecule has 0 radical (unpaired) electrons. The molecule has 1 atom stereocenters. The molecule has 2 heterocycles. The van der Waals surface area contributed by atoms with Gasteiger partial charge in [-0.1, -0.05) is 18.3 Å². The monoisotopic (exact) mass is 282 g/mol. The third-order valence-corrected chi connectivity index (χ3v) is 4.26. The zero-order chi connectivity index (χ0) is 13.8. The molecular formula is C13H22N4OS. The topological polar surface area (TPSA) is 58.1 Å². The zero-order valence-corrected chi connectivity index (χ0v) is 12.7. The van der Waals surface area contributed by atoms with Gasteiger partial charge in [-0.3, -0.25) is 4.79 Å². The first-order valence-electron chi connectivity index (χ1n) is 6.88. The molecule has 1 saturated heterocycles. The fourth-order valence-electron chi connectivity index (χ4n) is 2.45. The number of carbonyl (C=O) groups excluding carboxylic acids is 1. The van der Waals surface area contributed by atoms with Crippen LogP contribution < -0.4 is 5.32 Å². The second-order valence-electron chi connectivity index (χ2n) is 5.54. The first-order valence-corrected chi connectivity index (χ1v) is 7.65. The van der Waals surface area contributed by atoms with Gasteiger partial charge in [0.25, 0.3) is 5.91 Å². The van der Waals surface area contributed by atoms with E-state index in [9.17, 15) is 4.79 Å². The largest absolute Gasteiger partial charge is 0.341 e. The van der Waals surface area contributed by atoms with Gasteiger partial charge in [-0.2, -0.15) is 0 Å². The highest BCUT2D eigenvalue weighted by Crippen LogP contribution is 2.22. The molecule has 5 nitrogen and oxygen atoms in total. The highest BCUT2D eigenvalue weighted by Gasteiger charge is 2.24. The summed E-state index contributed by atoms with van der Waals surface area (Å²) in [7, 11) is 1.88. The number of piperidine rings is 1. The highest BCUT2D eigenvalue weighted by atomic mass is 32.1. The summed E-state index contributed by atoms with van der Waals surface area (Å²) in [6.07, 6.45) is 2.40. The number of aromatic nitrogens is 2. The number of nitrogens with one attached hydrogen (secondary N) is 1. The predicted molar refractivity (Wildman–Crippen MR) is 76.6 cm³/mol. The van der Waals surface area contributed by atoms with Crippen LogP contribution in [0.4, 0.5) is 0 Å². The number of hydrogen-bond acceptors (Lipinski definition) is 5. The Labute approximate surface area is 118 Å². The summed E-state index contributed by atoms with van der Waals surface area (Å²) >= 11 is 1.21. The van der Waals surface area contributed by atoms with Crippen molar-refractivity contribution < 1.29 is 4.79 Å². The van der Waals surface area contributed by atoms with Crippen LogP contribution in [0.3, 0.4) is 0 Å². The predicted octanol–water partition coefficient (Wildman–Crippen LogP) is 1.73. The van der Waals surface area contributed by atoms with Gasteiger partial charge < -0.3 is 10.2 Å². The molecule has 1 aliphatic rings. The Hall–Kier alpha value is -1.01. The molecule has 106 valence electrons. The van der Waals surface area contributed by atoms with E-state index >= 15 is 0 Å². The third-order valence-electron chi connectivity index (χ3n) is 3.53. The average molecular weight is 282 g/mol. The maximum atomic E-state index is 12.4. The van der Waals surface area contributed by atoms with E-state index < -0.39 is 0 Å². The van der Waals surface area contributed by atoms with Crippen molar-refractivity contribution in [3.63, 3.8) is 0 Å². The number of rotatable bonds is 4. The van der Waals surface area contributed by atoms with E-state index in [2.05, 4.69) is 14.9 Å². The van der Waals surface area contributed by atoms with Crippen LogP contribution in [0, 0.1) is 5.92 Å². The summed E-state index contributed by atoms with van der Waals surface area (Å²) in [5, 5.41) is 7.46. The lowest BCUT2D eigenvalue weighted by Crippen LogP contribution is -2.39. The maximum absolute atomic E-state index is 12.4. The van der Waals surface area contributed by atoms with Crippen molar-refractivity contribution in [2.75, 3.05) is 26.7 Å². The van der Waals surface area contributed by atoms with Crippen LogP contribution in [0.15, 0.2) is 0 Å². The van der Waals surface area contributed by atoms with Gasteiger partial charge in [0, 0.05) is 13.6 Å². The Morgan fingerprint density at radius 1 is 1.58 bits per heavy atom.